The Morgan fingerprint density at radius 2 is 2.07 bits per heavy atom. The molecule has 0 aromatic heterocycles. The Morgan fingerprint density at radius 3 is 2.80 bits per heavy atom. The highest BCUT2D eigenvalue weighted by Crippen LogP contribution is 2.12. The molecule has 0 saturated heterocycles. The predicted molar refractivity (Wildman–Crippen MR) is 59.9 cm³/mol. The smallest absolute Gasteiger partial charge is 0.134 e. The van der Waals surface area contributed by atoms with Crippen molar-refractivity contribution in [2.75, 3.05) is 12.5 Å². The van der Waals surface area contributed by atoms with E-state index in [1.807, 2.05) is 0 Å². The maximum atomic E-state index is 12.7. The van der Waals surface area contributed by atoms with E-state index >= 15 is 0 Å². The summed E-state index contributed by atoms with van der Waals surface area (Å²) in [6, 6.07) is 7.01. The van der Waals surface area contributed by atoms with Gasteiger partial charge in [-0.05, 0) is 25.0 Å². The number of hydrogen-bond acceptors (Lipinski definition) is 1. The van der Waals surface area contributed by atoms with E-state index in [-0.39, 0.29) is 5.82 Å². The van der Waals surface area contributed by atoms with Crippen molar-refractivity contribution in [1.82, 2.24) is 0 Å². The third kappa shape index (κ3) is 5.63. The molecule has 0 N–H and O–H groups in total. The third-order valence-corrected chi connectivity index (χ3v) is 2.30. The minimum absolute atomic E-state index is 0.380. The lowest BCUT2D eigenvalue weighted by Crippen LogP contribution is -1.97. The Hall–Kier alpha value is -0.760. The highest BCUT2D eigenvalue weighted by atomic mass is 35.5. The molecule has 0 aliphatic carbocycles. The first-order valence-corrected chi connectivity index (χ1v) is 5.72. The monoisotopic (exact) mass is 229 g/mol. The maximum Gasteiger partial charge on any atom is 0.134 e. The van der Waals surface area contributed by atoms with E-state index in [1.54, 1.807) is 6.07 Å². The molecular weight excluding hydrogens is 215 g/mol. The molecule has 0 saturated carbocycles. The van der Waals surface area contributed by atoms with E-state index in [4.69, 9.17) is 16.3 Å². The first-order chi connectivity index (χ1) is 7.33. The second kappa shape index (κ2) is 7.52. The molecule has 0 aliphatic rings. The van der Waals surface area contributed by atoms with Crippen molar-refractivity contribution >= 4 is 11.6 Å². The molecule has 0 amide bonds. The van der Waals surface area contributed by atoms with E-state index in [9.17, 15) is 4.39 Å². The van der Waals surface area contributed by atoms with E-state index in [1.165, 1.54) is 12.1 Å². The number of alkyl halides is 1. The number of benzene rings is 1. The Kier molecular flexibility index (Phi) is 6.17. The van der Waals surface area contributed by atoms with Gasteiger partial charge in [0.15, 0.2) is 0 Å². The summed E-state index contributed by atoms with van der Waals surface area (Å²) in [6.07, 6.45) is 4.27. The van der Waals surface area contributed by atoms with Gasteiger partial charge in [-0.25, -0.2) is 4.39 Å². The van der Waals surface area contributed by atoms with Gasteiger partial charge >= 0.3 is 0 Å². The fraction of sp³-hybridized carbons (Fsp3) is 0.500. The van der Waals surface area contributed by atoms with Gasteiger partial charge in [0.25, 0.3) is 0 Å². The molecule has 1 radical (unpaired) electrons. The van der Waals surface area contributed by atoms with Crippen LogP contribution in [0.1, 0.15) is 25.7 Å². The van der Waals surface area contributed by atoms with Gasteiger partial charge in [0.05, 0.1) is 6.61 Å². The summed E-state index contributed by atoms with van der Waals surface area (Å²) in [4.78, 5) is 0. The molecule has 15 heavy (non-hydrogen) atoms. The van der Waals surface area contributed by atoms with Gasteiger partial charge in [0.1, 0.15) is 11.6 Å². The van der Waals surface area contributed by atoms with Crippen molar-refractivity contribution in [3.8, 4) is 5.75 Å². The average Bonchev–Trinajstić information content (AvgIpc) is 2.23. The Labute approximate surface area is 95.2 Å². The van der Waals surface area contributed by atoms with E-state index in [2.05, 4.69) is 6.07 Å². The summed E-state index contributed by atoms with van der Waals surface area (Å²) in [5.41, 5.74) is 0. The molecule has 0 aliphatic heterocycles. The predicted octanol–water partition coefficient (Wildman–Crippen LogP) is 3.80. The Morgan fingerprint density at radius 1 is 1.27 bits per heavy atom. The van der Waals surface area contributed by atoms with Crippen LogP contribution in [0.4, 0.5) is 4.39 Å². The van der Waals surface area contributed by atoms with E-state index < -0.39 is 0 Å². The zero-order valence-electron chi connectivity index (χ0n) is 8.64. The number of halogens is 2. The van der Waals surface area contributed by atoms with Gasteiger partial charge in [0.2, 0.25) is 0 Å². The molecule has 83 valence electrons. The van der Waals surface area contributed by atoms with Crippen molar-refractivity contribution in [1.29, 1.82) is 0 Å². The maximum absolute atomic E-state index is 12.7. The summed E-state index contributed by atoms with van der Waals surface area (Å²) >= 11 is 5.55. The molecule has 1 aromatic carbocycles. The van der Waals surface area contributed by atoms with Crippen molar-refractivity contribution in [3.63, 3.8) is 0 Å². The van der Waals surface area contributed by atoms with Crippen LogP contribution in [0.3, 0.4) is 0 Å². The largest absolute Gasteiger partial charge is 0.493 e. The van der Waals surface area contributed by atoms with Crippen LogP contribution in [0, 0.1) is 11.9 Å². The van der Waals surface area contributed by atoms with Crippen LogP contribution in [0.5, 0.6) is 5.75 Å². The van der Waals surface area contributed by atoms with Gasteiger partial charge in [-0.15, -0.1) is 11.6 Å². The average molecular weight is 230 g/mol. The lowest BCUT2D eigenvalue weighted by atomic mass is 10.2. The zero-order chi connectivity index (χ0) is 10.9. The van der Waals surface area contributed by atoms with Crippen LogP contribution in [-0.4, -0.2) is 12.5 Å². The fourth-order valence-corrected chi connectivity index (χ4v) is 1.44. The van der Waals surface area contributed by atoms with E-state index in [0.29, 0.717) is 12.4 Å². The normalized spacial score (nSPS) is 10.3. The minimum Gasteiger partial charge on any atom is -0.493 e. The first-order valence-electron chi connectivity index (χ1n) is 5.19. The summed E-state index contributed by atoms with van der Waals surface area (Å²) in [6.45, 7) is 0.631. The lowest BCUT2D eigenvalue weighted by molar-refractivity contribution is 0.303. The van der Waals surface area contributed by atoms with E-state index in [0.717, 1.165) is 31.6 Å². The summed E-state index contributed by atoms with van der Waals surface area (Å²) in [5, 5.41) is 0. The molecule has 0 bridgehead atoms. The van der Waals surface area contributed by atoms with Gasteiger partial charge in [0, 0.05) is 18.0 Å². The SMILES string of the molecule is Fc1[c]ccc(OCCCCCCCl)c1. The van der Waals surface area contributed by atoms with Crippen LogP contribution in [0.2, 0.25) is 0 Å². The molecule has 1 rings (SSSR count). The number of rotatable bonds is 7. The quantitative estimate of drug-likeness (QED) is 0.511. The molecule has 0 fully saturated rings. The van der Waals surface area contributed by atoms with Crippen molar-refractivity contribution < 1.29 is 9.13 Å². The van der Waals surface area contributed by atoms with Crippen LogP contribution in [0.15, 0.2) is 18.2 Å². The highest BCUT2D eigenvalue weighted by molar-refractivity contribution is 6.17. The van der Waals surface area contributed by atoms with Crippen molar-refractivity contribution in [2.24, 2.45) is 0 Å². The third-order valence-electron chi connectivity index (χ3n) is 2.03. The van der Waals surface area contributed by atoms with Gasteiger partial charge in [-0.3, -0.25) is 0 Å². The summed E-state index contributed by atoms with van der Waals surface area (Å²) < 4.78 is 18.1. The van der Waals surface area contributed by atoms with Gasteiger partial charge in [-0.1, -0.05) is 12.8 Å². The summed E-state index contributed by atoms with van der Waals surface area (Å²) in [7, 11) is 0. The Bertz CT molecular complexity index is 278. The molecular formula is C12H15ClFO. The first kappa shape index (κ1) is 12.3. The summed E-state index contributed by atoms with van der Waals surface area (Å²) in [5.74, 6) is 0.916. The fourth-order valence-electron chi connectivity index (χ4n) is 1.25. The second-order valence-corrected chi connectivity index (χ2v) is 3.70. The lowest BCUT2D eigenvalue weighted by Gasteiger charge is -2.05. The van der Waals surface area contributed by atoms with Gasteiger partial charge in [-0.2, -0.15) is 0 Å². The minimum atomic E-state index is -0.380. The molecule has 3 heteroatoms. The van der Waals surface area contributed by atoms with Crippen molar-refractivity contribution in [3.05, 3.63) is 30.1 Å². The van der Waals surface area contributed by atoms with Crippen molar-refractivity contribution in [2.45, 2.75) is 25.7 Å². The molecule has 1 aromatic rings. The highest BCUT2D eigenvalue weighted by Gasteiger charge is 1.96. The second-order valence-electron chi connectivity index (χ2n) is 3.32. The van der Waals surface area contributed by atoms with Crippen LogP contribution in [-0.2, 0) is 0 Å². The molecule has 0 spiro atoms. The van der Waals surface area contributed by atoms with Crippen LogP contribution >= 0.6 is 11.6 Å². The number of hydrogen-bond donors (Lipinski definition) is 0. The zero-order valence-corrected chi connectivity index (χ0v) is 9.39. The number of ether oxygens (including phenoxy) is 1. The van der Waals surface area contributed by atoms with Gasteiger partial charge < -0.3 is 4.74 Å². The molecule has 0 heterocycles. The molecule has 0 unspecified atom stereocenters. The molecule has 0 atom stereocenters. The topological polar surface area (TPSA) is 9.23 Å². The standard InChI is InChI=1S/C12H15ClFO/c13-8-3-1-2-4-9-15-12-7-5-6-11(14)10-12/h5,7,10H,1-4,8-9H2. The number of unbranched alkanes of at least 4 members (excludes halogenated alkanes) is 3. The van der Waals surface area contributed by atoms with Crippen LogP contribution in [0.25, 0.3) is 0 Å². The molecule has 1 nitrogen and oxygen atoms in total. The van der Waals surface area contributed by atoms with Crippen LogP contribution < -0.4 is 4.74 Å². The Balaban J connectivity index is 2.10.